The maximum Gasteiger partial charge on any atom is 0.337 e. The zero-order chi connectivity index (χ0) is 16.7. The van der Waals surface area contributed by atoms with Gasteiger partial charge in [0.05, 0.1) is 38.2 Å². The number of hydrogen-bond donors (Lipinski definition) is 2. The molecule has 0 aliphatic rings. The minimum absolute atomic E-state index is 0.272. The lowest BCUT2D eigenvalue weighted by atomic mass is 10.1. The molecular weight excluding hydrogens is 296 g/mol. The van der Waals surface area contributed by atoms with Gasteiger partial charge in [-0.15, -0.1) is 0 Å². The predicted molar refractivity (Wildman–Crippen MR) is 87.5 cm³/mol. The van der Waals surface area contributed by atoms with Crippen LogP contribution in [0.25, 0.3) is 0 Å². The summed E-state index contributed by atoms with van der Waals surface area (Å²) in [5.41, 5.74) is 7.97. The number of nitrogens with one attached hydrogen (secondary N) is 1. The first kappa shape index (κ1) is 16.3. The molecular formula is C16H18N4O3. The number of aliphatic imine (C=N–C) groups is 1. The Hall–Kier alpha value is -3.09. The molecule has 2 rings (SSSR count). The van der Waals surface area contributed by atoms with E-state index in [2.05, 4.69) is 20.0 Å². The van der Waals surface area contributed by atoms with E-state index < -0.39 is 0 Å². The number of nitrogens with two attached hydrogens (primary N) is 1. The quantitative estimate of drug-likeness (QED) is 0.496. The number of nitrogens with zero attached hydrogens (tertiary/aromatic N) is 2. The molecule has 0 unspecified atom stereocenters. The van der Waals surface area contributed by atoms with Gasteiger partial charge in [-0.05, 0) is 23.8 Å². The highest BCUT2D eigenvalue weighted by Crippen LogP contribution is 2.11. The fourth-order valence-electron chi connectivity index (χ4n) is 1.80. The second-order valence-corrected chi connectivity index (χ2v) is 4.60. The molecule has 0 fully saturated rings. The first-order valence-electron chi connectivity index (χ1n) is 6.86. The fraction of sp³-hybridized carbons (Fsp3) is 0.188. The van der Waals surface area contributed by atoms with Crippen LogP contribution in [-0.4, -0.2) is 31.1 Å². The number of methoxy groups -OCH3 is 2. The smallest absolute Gasteiger partial charge is 0.337 e. The topological polar surface area (TPSA) is 98.8 Å². The van der Waals surface area contributed by atoms with Gasteiger partial charge in [-0.1, -0.05) is 12.1 Å². The largest absolute Gasteiger partial charge is 0.481 e. The third-order valence-corrected chi connectivity index (χ3v) is 3.02. The van der Waals surface area contributed by atoms with E-state index >= 15 is 0 Å². The number of ether oxygens (including phenoxy) is 2. The Balaban J connectivity index is 1.94. The highest BCUT2D eigenvalue weighted by Gasteiger charge is 2.04. The number of aromatic nitrogens is 1. The molecule has 7 nitrogen and oxygen atoms in total. The van der Waals surface area contributed by atoms with E-state index in [0.717, 1.165) is 5.56 Å². The normalized spacial score (nSPS) is 11.0. The molecule has 120 valence electrons. The average molecular weight is 314 g/mol. The van der Waals surface area contributed by atoms with Crippen molar-refractivity contribution in [2.24, 2.45) is 10.7 Å². The Morgan fingerprint density at radius 3 is 2.52 bits per heavy atom. The molecule has 0 aliphatic heterocycles. The summed E-state index contributed by atoms with van der Waals surface area (Å²) in [5, 5.41) is 2.94. The van der Waals surface area contributed by atoms with Crippen LogP contribution in [0.5, 0.6) is 5.88 Å². The maximum atomic E-state index is 11.3. The Labute approximate surface area is 134 Å². The summed E-state index contributed by atoms with van der Waals surface area (Å²) < 4.78 is 9.63. The monoisotopic (exact) mass is 314 g/mol. The summed E-state index contributed by atoms with van der Waals surface area (Å²) in [6.07, 6.45) is 1.60. The van der Waals surface area contributed by atoms with E-state index in [4.69, 9.17) is 10.5 Å². The van der Waals surface area contributed by atoms with Crippen LogP contribution >= 0.6 is 0 Å². The predicted octanol–water partition coefficient (Wildman–Crippen LogP) is 1.80. The van der Waals surface area contributed by atoms with Crippen molar-refractivity contribution in [3.63, 3.8) is 0 Å². The highest BCUT2D eigenvalue weighted by atomic mass is 16.5. The molecule has 2 aromatic rings. The molecule has 7 heteroatoms. The standard InChI is InChI=1S/C16H18N4O3/c1-22-14-8-7-13(10-18-14)20-16(17)19-9-11-3-5-12(6-4-11)15(21)23-2/h3-8,10H,9H2,1-2H3,(H3,17,19,20). The van der Waals surface area contributed by atoms with Crippen LogP contribution in [0.1, 0.15) is 15.9 Å². The zero-order valence-electron chi connectivity index (χ0n) is 12.9. The van der Waals surface area contributed by atoms with E-state index in [1.165, 1.54) is 7.11 Å². The number of esters is 1. The van der Waals surface area contributed by atoms with Crippen LogP contribution in [0.4, 0.5) is 5.69 Å². The number of carbonyl (C=O) groups excluding carboxylic acids is 1. The molecule has 1 aromatic heterocycles. The Morgan fingerprint density at radius 1 is 1.22 bits per heavy atom. The van der Waals surface area contributed by atoms with Gasteiger partial charge in [-0.2, -0.15) is 0 Å². The number of benzene rings is 1. The zero-order valence-corrected chi connectivity index (χ0v) is 12.9. The van der Waals surface area contributed by atoms with Crippen molar-refractivity contribution in [3.8, 4) is 5.88 Å². The minimum atomic E-state index is -0.367. The van der Waals surface area contributed by atoms with Crippen LogP contribution in [-0.2, 0) is 11.3 Å². The van der Waals surface area contributed by atoms with Gasteiger partial charge >= 0.3 is 5.97 Å². The molecule has 1 heterocycles. The molecule has 3 N–H and O–H groups in total. The van der Waals surface area contributed by atoms with Gasteiger partial charge in [0.1, 0.15) is 0 Å². The van der Waals surface area contributed by atoms with Gasteiger partial charge in [-0.3, -0.25) is 0 Å². The lowest BCUT2D eigenvalue weighted by molar-refractivity contribution is 0.0600. The molecule has 0 amide bonds. The first-order chi connectivity index (χ1) is 11.1. The minimum Gasteiger partial charge on any atom is -0.481 e. The summed E-state index contributed by atoms with van der Waals surface area (Å²) in [7, 11) is 2.90. The van der Waals surface area contributed by atoms with Crippen molar-refractivity contribution in [1.29, 1.82) is 0 Å². The van der Waals surface area contributed by atoms with Crippen molar-refractivity contribution < 1.29 is 14.3 Å². The third-order valence-electron chi connectivity index (χ3n) is 3.02. The van der Waals surface area contributed by atoms with E-state index in [9.17, 15) is 4.79 Å². The van der Waals surface area contributed by atoms with Crippen molar-refractivity contribution in [1.82, 2.24) is 4.98 Å². The molecule has 0 bridgehead atoms. The number of pyridine rings is 1. The van der Waals surface area contributed by atoms with Gasteiger partial charge in [0.2, 0.25) is 5.88 Å². The van der Waals surface area contributed by atoms with E-state index in [1.54, 1.807) is 49.7 Å². The molecule has 0 radical (unpaired) electrons. The average Bonchev–Trinajstić information content (AvgIpc) is 2.60. The number of carbonyl (C=O) groups is 1. The number of anilines is 1. The molecule has 0 aliphatic carbocycles. The summed E-state index contributed by atoms with van der Waals surface area (Å²) in [4.78, 5) is 19.6. The van der Waals surface area contributed by atoms with Crippen molar-refractivity contribution >= 4 is 17.6 Å². The molecule has 0 spiro atoms. The molecule has 0 saturated heterocycles. The van der Waals surface area contributed by atoms with Crippen molar-refractivity contribution in [2.45, 2.75) is 6.54 Å². The van der Waals surface area contributed by atoms with Gasteiger partial charge in [0.15, 0.2) is 5.96 Å². The van der Waals surface area contributed by atoms with E-state index in [0.29, 0.717) is 23.7 Å². The first-order valence-corrected chi connectivity index (χ1v) is 6.86. The SMILES string of the molecule is COC(=O)c1ccc(CN=C(N)Nc2ccc(OC)nc2)cc1. The van der Waals surface area contributed by atoms with Crippen LogP contribution in [0.2, 0.25) is 0 Å². The van der Waals surface area contributed by atoms with Crippen molar-refractivity contribution in [2.75, 3.05) is 19.5 Å². The second-order valence-electron chi connectivity index (χ2n) is 4.60. The molecule has 1 aromatic carbocycles. The highest BCUT2D eigenvalue weighted by molar-refractivity contribution is 5.92. The summed E-state index contributed by atoms with van der Waals surface area (Å²) in [5.74, 6) is 0.430. The van der Waals surface area contributed by atoms with Gasteiger partial charge in [0, 0.05) is 6.07 Å². The maximum absolute atomic E-state index is 11.3. The lowest BCUT2D eigenvalue weighted by Crippen LogP contribution is -2.22. The third kappa shape index (κ3) is 4.70. The second kappa shape index (κ2) is 7.79. The molecule has 23 heavy (non-hydrogen) atoms. The van der Waals surface area contributed by atoms with Gasteiger partial charge in [-0.25, -0.2) is 14.8 Å². The summed E-state index contributed by atoms with van der Waals surface area (Å²) in [6, 6.07) is 10.5. The van der Waals surface area contributed by atoms with Crippen LogP contribution in [0.15, 0.2) is 47.6 Å². The molecule has 0 atom stereocenters. The van der Waals surface area contributed by atoms with Crippen LogP contribution in [0.3, 0.4) is 0 Å². The van der Waals surface area contributed by atoms with E-state index in [-0.39, 0.29) is 11.9 Å². The lowest BCUT2D eigenvalue weighted by Gasteiger charge is -2.06. The number of rotatable bonds is 5. The van der Waals surface area contributed by atoms with Crippen LogP contribution < -0.4 is 15.8 Å². The summed E-state index contributed by atoms with van der Waals surface area (Å²) in [6.45, 7) is 0.393. The number of hydrogen-bond acceptors (Lipinski definition) is 5. The van der Waals surface area contributed by atoms with Gasteiger partial charge < -0.3 is 20.5 Å². The summed E-state index contributed by atoms with van der Waals surface area (Å²) >= 11 is 0. The van der Waals surface area contributed by atoms with Crippen molar-refractivity contribution in [3.05, 3.63) is 53.7 Å². The number of guanidine groups is 1. The fourth-order valence-corrected chi connectivity index (χ4v) is 1.80. The van der Waals surface area contributed by atoms with Crippen LogP contribution in [0, 0.1) is 0 Å². The Bertz CT molecular complexity index is 681. The van der Waals surface area contributed by atoms with Gasteiger partial charge in [0.25, 0.3) is 0 Å². The Morgan fingerprint density at radius 2 is 1.96 bits per heavy atom. The Kier molecular flexibility index (Phi) is 5.51. The van der Waals surface area contributed by atoms with E-state index in [1.807, 2.05) is 0 Å². The molecule has 0 saturated carbocycles.